The summed E-state index contributed by atoms with van der Waals surface area (Å²) in [6.07, 6.45) is -1.48. The second kappa shape index (κ2) is 4.65. The quantitative estimate of drug-likeness (QED) is 0.691. The van der Waals surface area contributed by atoms with Gasteiger partial charge < -0.3 is 10.2 Å². The van der Waals surface area contributed by atoms with Crippen LogP contribution in [0.3, 0.4) is 0 Å². The molecular weight excluding hydrogens is 187 g/mol. The Morgan fingerprint density at radius 1 is 1.57 bits per heavy atom. The molecule has 1 heterocycles. The number of halogens is 1. The van der Waals surface area contributed by atoms with E-state index in [2.05, 4.69) is 4.98 Å². The summed E-state index contributed by atoms with van der Waals surface area (Å²) in [4.78, 5) is 3.30. The van der Waals surface area contributed by atoms with Crippen molar-refractivity contribution in [2.75, 3.05) is 0 Å². The summed E-state index contributed by atoms with van der Waals surface area (Å²) in [6, 6.07) is 4.12. The fourth-order valence-electron chi connectivity index (χ4n) is 1.03. The number of aliphatic hydroxyl groups is 2. The minimum absolute atomic E-state index is 0.203. The van der Waals surface area contributed by atoms with Gasteiger partial charge in [-0.25, -0.2) is 4.98 Å². The molecule has 74 valence electrons. The number of nitriles is 1. The van der Waals surface area contributed by atoms with Gasteiger partial charge in [0.15, 0.2) is 0 Å². The number of rotatable bonds is 3. The molecular formula is C9H9FN2O2. The lowest BCUT2D eigenvalue weighted by molar-refractivity contribution is 0.0214. The van der Waals surface area contributed by atoms with Crippen LogP contribution in [-0.2, 0) is 0 Å². The monoisotopic (exact) mass is 196 g/mol. The first-order valence-corrected chi connectivity index (χ1v) is 3.99. The Labute approximate surface area is 80.3 Å². The number of hydrogen-bond acceptors (Lipinski definition) is 4. The molecule has 4 nitrogen and oxygen atoms in total. The molecule has 1 aromatic rings. The third-order valence-corrected chi connectivity index (χ3v) is 1.76. The van der Waals surface area contributed by atoms with E-state index < -0.39 is 18.2 Å². The van der Waals surface area contributed by atoms with Gasteiger partial charge in [-0.05, 0) is 17.7 Å². The Bertz CT molecular complexity index is 351. The Hall–Kier alpha value is -1.51. The average molecular weight is 196 g/mol. The van der Waals surface area contributed by atoms with Crippen LogP contribution in [0.5, 0.6) is 0 Å². The largest absolute Gasteiger partial charge is 0.389 e. The van der Waals surface area contributed by atoms with E-state index in [1.165, 1.54) is 12.3 Å². The normalized spacial score (nSPS) is 14.4. The molecule has 0 aromatic carbocycles. The van der Waals surface area contributed by atoms with E-state index in [4.69, 9.17) is 5.26 Å². The van der Waals surface area contributed by atoms with Crippen LogP contribution in [0.2, 0.25) is 0 Å². The van der Waals surface area contributed by atoms with Gasteiger partial charge in [0.2, 0.25) is 5.95 Å². The van der Waals surface area contributed by atoms with Gasteiger partial charge in [0.25, 0.3) is 0 Å². The Balaban J connectivity index is 2.79. The van der Waals surface area contributed by atoms with Crippen LogP contribution in [0.15, 0.2) is 18.3 Å². The van der Waals surface area contributed by atoms with Crippen molar-refractivity contribution in [3.05, 3.63) is 29.8 Å². The van der Waals surface area contributed by atoms with Crippen molar-refractivity contribution in [3.63, 3.8) is 0 Å². The summed E-state index contributed by atoms with van der Waals surface area (Å²) in [7, 11) is 0. The number of hydrogen-bond donors (Lipinski definition) is 2. The smallest absolute Gasteiger partial charge is 0.213 e. The number of nitrogens with zero attached hydrogens (tertiary/aromatic N) is 2. The maximum atomic E-state index is 12.6. The van der Waals surface area contributed by atoms with Crippen LogP contribution >= 0.6 is 0 Å². The molecule has 0 spiro atoms. The third-order valence-electron chi connectivity index (χ3n) is 1.76. The molecule has 0 aliphatic heterocycles. The van der Waals surface area contributed by atoms with Gasteiger partial charge in [0.1, 0.15) is 6.10 Å². The highest BCUT2D eigenvalue weighted by Gasteiger charge is 2.18. The summed E-state index contributed by atoms with van der Waals surface area (Å²) >= 11 is 0. The van der Waals surface area contributed by atoms with Gasteiger partial charge in [0.05, 0.1) is 18.6 Å². The molecule has 0 bridgehead atoms. The highest BCUT2D eigenvalue weighted by molar-refractivity contribution is 5.15. The first-order chi connectivity index (χ1) is 6.65. The van der Waals surface area contributed by atoms with Crippen LogP contribution in [0, 0.1) is 17.3 Å². The van der Waals surface area contributed by atoms with E-state index >= 15 is 0 Å². The molecule has 14 heavy (non-hydrogen) atoms. The molecule has 0 aliphatic rings. The van der Waals surface area contributed by atoms with E-state index in [9.17, 15) is 14.6 Å². The van der Waals surface area contributed by atoms with Crippen molar-refractivity contribution < 1.29 is 14.6 Å². The highest BCUT2D eigenvalue weighted by atomic mass is 19.1. The molecule has 5 heteroatoms. The van der Waals surface area contributed by atoms with Gasteiger partial charge in [-0.3, -0.25) is 0 Å². The summed E-state index contributed by atoms with van der Waals surface area (Å²) in [6.45, 7) is 0. The second-order valence-corrected chi connectivity index (χ2v) is 2.79. The zero-order chi connectivity index (χ0) is 10.6. The van der Waals surface area contributed by atoms with Gasteiger partial charge in [0, 0.05) is 6.20 Å². The summed E-state index contributed by atoms with van der Waals surface area (Å²) in [5, 5.41) is 27.0. The first kappa shape index (κ1) is 10.6. The molecule has 2 N–H and O–H groups in total. The molecule has 1 rings (SSSR count). The lowest BCUT2D eigenvalue weighted by Gasteiger charge is -2.14. The standard InChI is InChI=1S/C9H9FN2O2/c10-8-5-6(2-4-12-8)9(14)7(13)1-3-11/h2,4-5,7,9,13-14H,1H2. The first-order valence-electron chi connectivity index (χ1n) is 3.99. The maximum Gasteiger partial charge on any atom is 0.213 e. The molecule has 0 fully saturated rings. The van der Waals surface area contributed by atoms with Gasteiger partial charge >= 0.3 is 0 Å². The van der Waals surface area contributed by atoms with Gasteiger partial charge in [-0.2, -0.15) is 9.65 Å². The Morgan fingerprint density at radius 3 is 2.86 bits per heavy atom. The molecule has 0 amide bonds. The predicted molar refractivity (Wildman–Crippen MR) is 45.4 cm³/mol. The third kappa shape index (κ3) is 2.49. The zero-order valence-corrected chi connectivity index (χ0v) is 7.26. The molecule has 1 aromatic heterocycles. The molecule has 0 aliphatic carbocycles. The molecule has 2 unspecified atom stereocenters. The lowest BCUT2D eigenvalue weighted by atomic mass is 10.0. The Morgan fingerprint density at radius 2 is 2.29 bits per heavy atom. The van der Waals surface area contributed by atoms with Crippen LogP contribution in [0.4, 0.5) is 4.39 Å². The predicted octanol–water partition coefficient (Wildman–Crippen LogP) is 0.529. The van der Waals surface area contributed by atoms with Gasteiger partial charge in [-0.15, -0.1) is 0 Å². The van der Waals surface area contributed by atoms with E-state index in [-0.39, 0.29) is 12.0 Å². The van der Waals surface area contributed by atoms with E-state index in [1.807, 2.05) is 0 Å². The zero-order valence-electron chi connectivity index (χ0n) is 7.26. The van der Waals surface area contributed by atoms with E-state index in [1.54, 1.807) is 6.07 Å². The highest BCUT2D eigenvalue weighted by Crippen LogP contribution is 2.18. The van der Waals surface area contributed by atoms with Crippen molar-refractivity contribution in [3.8, 4) is 6.07 Å². The number of aromatic nitrogens is 1. The lowest BCUT2D eigenvalue weighted by Crippen LogP contribution is -2.17. The van der Waals surface area contributed by atoms with E-state index in [0.717, 1.165) is 6.07 Å². The topological polar surface area (TPSA) is 77.1 Å². The summed E-state index contributed by atoms with van der Waals surface area (Å²) < 4.78 is 12.6. The van der Waals surface area contributed by atoms with Crippen molar-refractivity contribution in [1.82, 2.24) is 4.98 Å². The maximum absolute atomic E-state index is 12.6. The Kier molecular flexibility index (Phi) is 3.51. The van der Waals surface area contributed by atoms with E-state index in [0.29, 0.717) is 0 Å². The summed E-state index contributed by atoms with van der Waals surface area (Å²) in [5.74, 6) is -0.731. The minimum atomic E-state index is -1.26. The fraction of sp³-hybridized carbons (Fsp3) is 0.333. The molecule has 0 saturated heterocycles. The van der Waals surface area contributed by atoms with Crippen molar-refractivity contribution >= 4 is 0 Å². The van der Waals surface area contributed by atoms with Crippen LogP contribution in [0.25, 0.3) is 0 Å². The fourth-order valence-corrected chi connectivity index (χ4v) is 1.03. The SMILES string of the molecule is N#CCC(O)C(O)c1ccnc(F)c1. The number of pyridine rings is 1. The van der Waals surface area contributed by atoms with Crippen LogP contribution in [-0.4, -0.2) is 21.3 Å². The number of aliphatic hydroxyl groups excluding tert-OH is 2. The van der Waals surface area contributed by atoms with Crippen molar-refractivity contribution in [2.24, 2.45) is 0 Å². The minimum Gasteiger partial charge on any atom is -0.389 e. The van der Waals surface area contributed by atoms with Crippen molar-refractivity contribution in [2.45, 2.75) is 18.6 Å². The average Bonchev–Trinajstić information content (AvgIpc) is 2.17. The van der Waals surface area contributed by atoms with Crippen molar-refractivity contribution in [1.29, 1.82) is 5.26 Å². The van der Waals surface area contributed by atoms with Crippen LogP contribution in [0.1, 0.15) is 18.1 Å². The van der Waals surface area contributed by atoms with Gasteiger partial charge in [-0.1, -0.05) is 0 Å². The molecule has 0 radical (unpaired) electrons. The second-order valence-electron chi connectivity index (χ2n) is 2.79. The summed E-state index contributed by atoms with van der Waals surface area (Å²) in [5.41, 5.74) is 0.209. The molecule has 0 saturated carbocycles. The molecule has 2 atom stereocenters. The van der Waals surface area contributed by atoms with Crippen LogP contribution < -0.4 is 0 Å².